The van der Waals surface area contributed by atoms with Crippen molar-refractivity contribution in [2.75, 3.05) is 6.54 Å². The molecule has 0 aliphatic rings. The maximum Gasteiger partial charge on any atom is 0.410 e. The average molecular weight is 392 g/mol. The molecule has 0 saturated carbocycles. The number of amides is 1. The predicted molar refractivity (Wildman–Crippen MR) is 109 cm³/mol. The third-order valence-corrected chi connectivity index (χ3v) is 3.61. The van der Waals surface area contributed by atoms with Crippen LogP contribution in [0.25, 0.3) is 0 Å². The zero-order chi connectivity index (χ0) is 21.7. The van der Waals surface area contributed by atoms with E-state index < -0.39 is 17.3 Å². The van der Waals surface area contributed by atoms with Crippen LogP contribution < -0.4 is 5.73 Å². The highest BCUT2D eigenvalue weighted by Gasteiger charge is 2.24. The molecule has 1 amide bonds. The topological polar surface area (TPSA) is 106 Å². The van der Waals surface area contributed by atoms with Crippen molar-refractivity contribution in [2.24, 2.45) is 5.73 Å². The van der Waals surface area contributed by atoms with Crippen molar-refractivity contribution >= 4 is 17.9 Å². The minimum Gasteiger partial charge on any atom is -0.460 e. The number of esters is 1. The van der Waals surface area contributed by atoms with E-state index in [0.29, 0.717) is 5.56 Å². The molecule has 0 aliphatic heterocycles. The number of rotatable bonds is 6. The molecule has 0 bridgehead atoms. The van der Waals surface area contributed by atoms with Crippen molar-refractivity contribution in [2.45, 2.75) is 72.6 Å². The van der Waals surface area contributed by atoms with E-state index in [1.165, 1.54) is 4.90 Å². The first-order valence-corrected chi connectivity index (χ1v) is 9.31. The molecule has 0 atom stereocenters. The van der Waals surface area contributed by atoms with Crippen LogP contribution in [0, 0.1) is 12.3 Å². The Morgan fingerprint density at radius 1 is 1.07 bits per heavy atom. The van der Waals surface area contributed by atoms with Crippen LogP contribution in [-0.2, 0) is 20.8 Å². The van der Waals surface area contributed by atoms with Crippen molar-refractivity contribution in [3.63, 3.8) is 0 Å². The highest BCUT2D eigenvalue weighted by atomic mass is 16.6. The van der Waals surface area contributed by atoms with Gasteiger partial charge in [-0.1, -0.05) is 18.2 Å². The first-order valence-electron chi connectivity index (χ1n) is 9.31. The average Bonchev–Trinajstić information content (AvgIpc) is 2.47. The standard InChI is InChI=1S/C21H33N3O4/c1-14-12-15(8-9-16(14)18(22)23)13-24(19(26)28-21(5,6)7)11-10-17(25)27-20(2,3)4/h8-9,12H,10-11,13H2,1-7H3,(H3,22,23). The van der Waals surface area contributed by atoms with Crippen LogP contribution in [0.1, 0.15) is 64.7 Å². The van der Waals surface area contributed by atoms with Gasteiger partial charge >= 0.3 is 12.1 Å². The highest BCUT2D eigenvalue weighted by Crippen LogP contribution is 2.17. The number of aryl methyl sites for hydroxylation is 1. The summed E-state index contributed by atoms with van der Waals surface area (Å²) in [5.74, 6) is -0.373. The van der Waals surface area contributed by atoms with E-state index in [2.05, 4.69) is 0 Å². The minimum absolute atomic E-state index is 0.00188. The van der Waals surface area contributed by atoms with Gasteiger partial charge in [0.1, 0.15) is 17.0 Å². The summed E-state index contributed by atoms with van der Waals surface area (Å²) in [6.45, 7) is 13.1. The van der Waals surface area contributed by atoms with Gasteiger partial charge in [-0.2, -0.15) is 0 Å². The number of ether oxygens (including phenoxy) is 2. The molecule has 3 N–H and O–H groups in total. The smallest absolute Gasteiger partial charge is 0.410 e. The van der Waals surface area contributed by atoms with E-state index in [0.717, 1.165) is 11.1 Å². The van der Waals surface area contributed by atoms with Gasteiger partial charge in [-0.15, -0.1) is 0 Å². The summed E-state index contributed by atoms with van der Waals surface area (Å²) in [4.78, 5) is 26.2. The van der Waals surface area contributed by atoms with Crippen LogP contribution in [0.5, 0.6) is 0 Å². The molecule has 0 aromatic heterocycles. The first-order chi connectivity index (χ1) is 12.7. The Kier molecular flexibility index (Phi) is 7.61. The molecule has 0 aliphatic carbocycles. The largest absolute Gasteiger partial charge is 0.460 e. The number of benzene rings is 1. The Labute approximate surface area is 167 Å². The Morgan fingerprint density at radius 3 is 2.11 bits per heavy atom. The molecular formula is C21H33N3O4. The van der Waals surface area contributed by atoms with Crippen molar-refractivity contribution in [1.29, 1.82) is 5.41 Å². The number of hydrogen-bond donors (Lipinski definition) is 2. The molecule has 28 heavy (non-hydrogen) atoms. The van der Waals surface area contributed by atoms with Gasteiger partial charge in [0.2, 0.25) is 0 Å². The van der Waals surface area contributed by atoms with Crippen LogP contribution in [0.3, 0.4) is 0 Å². The second-order valence-electron chi connectivity index (χ2n) is 8.80. The zero-order valence-electron chi connectivity index (χ0n) is 18.0. The van der Waals surface area contributed by atoms with E-state index in [-0.39, 0.29) is 31.3 Å². The van der Waals surface area contributed by atoms with Gasteiger partial charge in [-0.3, -0.25) is 10.2 Å². The van der Waals surface area contributed by atoms with Gasteiger partial charge in [0.25, 0.3) is 0 Å². The number of nitrogen functional groups attached to an aromatic ring is 1. The van der Waals surface area contributed by atoms with Crippen molar-refractivity contribution < 1.29 is 19.1 Å². The monoisotopic (exact) mass is 391 g/mol. The molecule has 1 aromatic carbocycles. The van der Waals surface area contributed by atoms with Gasteiger partial charge in [0.05, 0.1) is 6.42 Å². The molecule has 1 aromatic rings. The van der Waals surface area contributed by atoms with E-state index in [1.54, 1.807) is 47.6 Å². The molecule has 0 spiro atoms. The first kappa shape index (κ1) is 23.5. The number of nitrogens with two attached hydrogens (primary N) is 1. The molecule has 7 heteroatoms. The van der Waals surface area contributed by atoms with Gasteiger partial charge in [0, 0.05) is 18.7 Å². The predicted octanol–water partition coefficient (Wildman–Crippen LogP) is 3.75. The third-order valence-electron chi connectivity index (χ3n) is 3.61. The summed E-state index contributed by atoms with van der Waals surface area (Å²) in [5, 5.41) is 7.58. The zero-order valence-corrected chi connectivity index (χ0v) is 18.0. The summed E-state index contributed by atoms with van der Waals surface area (Å²) >= 11 is 0. The van der Waals surface area contributed by atoms with E-state index >= 15 is 0 Å². The maximum atomic E-state index is 12.6. The fourth-order valence-corrected chi connectivity index (χ4v) is 2.53. The van der Waals surface area contributed by atoms with Crippen LogP contribution in [0.15, 0.2) is 18.2 Å². The fraction of sp³-hybridized carbons (Fsp3) is 0.571. The third kappa shape index (κ3) is 8.41. The van der Waals surface area contributed by atoms with Gasteiger partial charge in [-0.05, 0) is 59.6 Å². The molecule has 0 fully saturated rings. The molecule has 1 rings (SSSR count). The summed E-state index contributed by atoms with van der Waals surface area (Å²) < 4.78 is 10.8. The van der Waals surface area contributed by atoms with Crippen molar-refractivity contribution in [1.82, 2.24) is 4.90 Å². The number of carbonyl (C=O) groups excluding carboxylic acids is 2. The molecule has 0 saturated heterocycles. The minimum atomic E-state index is -0.643. The number of nitrogens with zero attached hydrogens (tertiary/aromatic N) is 1. The Balaban J connectivity index is 2.94. The molecule has 0 heterocycles. The fourth-order valence-electron chi connectivity index (χ4n) is 2.53. The van der Waals surface area contributed by atoms with Crippen LogP contribution >= 0.6 is 0 Å². The lowest BCUT2D eigenvalue weighted by Crippen LogP contribution is -2.38. The molecule has 7 nitrogen and oxygen atoms in total. The van der Waals surface area contributed by atoms with Crippen LogP contribution in [0.2, 0.25) is 0 Å². The summed E-state index contributed by atoms with van der Waals surface area (Å²) in [7, 11) is 0. The lowest BCUT2D eigenvalue weighted by atomic mass is 10.0. The van der Waals surface area contributed by atoms with E-state index in [4.69, 9.17) is 20.6 Å². The SMILES string of the molecule is Cc1cc(CN(CCC(=O)OC(C)(C)C)C(=O)OC(C)(C)C)ccc1C(=N)N. The number of amidine groups is 1. The number of nitrogens with one attached hydrogen (secondary N) is 1. The van der Waals surface area contributed by atoms with Crippen LogP contribution in [-0.4, -0.2) is 40.5 Å². The quantitative estimate of drug-likeness (QED) is 0.436. The maximum absolute atomic E-state index is 12.6. The van der Waals surface area contributed by atoms with Gasteiger partial charge < -0.3 is 20.1 Å². The Hall–Kier alpha value is -2.57. The van der Waals surface area contributed by atoms with E-state index in [1.807, 2.05) is 19.1 Å². The molecular weight excluding hydrogens is 358 g/mol. The lowest BCUT2D eigenvalue weighted by molar-refractivity contribution is -0.155. The summed E-state index contributed by atoms with van der Waals surface area (Å²) in [6, 6.07) is 5.45. The highest BCUT2D eigenvalue weighted by molar-refractivity contribution is 5.96. The second-order valence-corrected chi connectivity index (χ2v) is 8.80. The Bertz CT molecular complexity index is 730. The number of hydrogen-bond acceptors (Lipinski definition) is 5. The molecule has 156 valence electrons. The lowest BCUT2D eigenvalue weighted by Gasteiger charge is -2.28. The Morgan fingerprint density at radius 2 is 1.64 bits per heavy atom. The second kappa shape index (κ2) is 9.08. The molecule has 0 unspecified atom stereocenters. The van der Waals surface area contributed by atoms with Gasteiger partial charge in [0.15, 0.2) is 0 Å². The van der Waals surface area contributed by atoms with Crippen LogP contribution in [0.4, 0.5) is 4.79 Å². The summed E-state index contributed by atoms with van der Waals surface area (Å²) in [6.07, 6.45) is -0.426. The number of carbonyl (C=O) groups is 2. The summed E-state index contributed by atoms with van der Waals surface area (Å²) in [5.41, 5.74) is 6.70. The van der Waals surface area contributed by atoms with E-state index in [9.17, 15) is 9.59 Å². The normalized spacial score (nSPS) is 11.7. The van der Waals surface area contributed by atoms with Crippen molar-refractivity contribution in [3.05, 3.63) is 34.9 Å². The van der Waals surface area contributed by atoms with Crippen molar-refractivity contribution in [3.8, 4) is 0 Å². The molecule has 0 radical (unpaired) electrons. The van der Waals surface area contributed by atoms with Gasteiger partial charge in [-0.25, -0.2) is 4.79 Å².